The predicted molar refractivity (Wildman–Crippen MR) is 79.2 cm³/mol. The molecular formula is C14H19BrClNO. The molecule has 1 aromatic rings. The molecule has 0 bridgehead atoms. The maximum Gasteiger partial charge on any atom is 0.0551 e. The first kappa shape index (κ1) is 14.3. The molecule has 2 rings (SSSR count). The van der Waals surface area contributed by atoms with Gasteiger partial charge in [0.05, 0.1) is 12.7 Å². The summed E-state index contributed by atoms with van der Waals surface area (Å²) in [5.74, 6) is 0.574. The molecule has 1 aromatic carbocycles. The summed E-state index contributed by atoms with van der Waals surface area (Å²) in [6, 6.07) is 6.52. The van der Waals surface area contributed by atoms with Gasteiger partial charge >= 0.3 is 0 Å². The van der Waals surface area contributed by atoms with Crippen molar-refractivity contribution < 1.29 is 4.74 Å². The fourth-order valence-electron chi connectivity index (χ4n) is 2.56. The van der Waals surface area contributed by atoms with Crippen LogP contribution in [-0.2, 0) is 11.2 Å². The molecule has 18 heavy (non-hydrogen) atoms. The minimum absolute atomic E-state index is 0.381. The molecule has 0 saturated carbocycles. The van der Waals surface area contributed by atoms with Gasteiger partial charge in [-0.3, -0.25) is 0 Å². The van der Waals surface area contributed by atoms with Crippen molar-refractivity contribution in [2.75, 3.05) is 13.7 Å². The standard InChI is InChI=1S/C14H19BrClNO/c1-9-5-11(8-18-9)14(17-2)6-10-3-4-12(15)7-13(10)16/h3-4,7,9,11,14,17H,5-6,8H2,1-2H3. The summed E-state index contributed by atoms with van der Waals surface area (Å²) in [5, 5.41) is 4.23. The fraction of sp³-hybridized carbons (Fsp3) is 0.571. The molecule has 2 nitrogen and oxygen atoms in total. The van der Waals surface area contributed by atoms with E-state index < -0.39 is 0 Å². The quantitative estimate of drug-likeness (QED) is 0.908. The maximum atomic E-state index is 6.28. The SMILES string of the molecule is CNC(Cc1ccc(Br)cc1Cl)C1COC(C)C1. The molecule has 1 aliphatic rings. The summed E-state index contributed by atoms with van der Waals surface area (Å²) in [5.41, 5.74) is 1.19. The number of benzene rings is 1. The van der Waals surface area contributed by atoms with E-state index in [0.29, 0.717) is 18.1 Å². The molecule has 100 valence electrons. The van der Waals surface area contributed by atoms with Gasteiger partial charge in [0.25, 0.3) is 0 Å². The molecule has 0 amide bonds. The van der Waals surface area contributed by atoms with Gasteiger partial charge in [0.15, 0.2) is 0 Å². The average Bonchev–Trinajstić information content (AvgIpc) is 2.75. The minimum Gasteiger partial charge on any atom is -0.378 e. The summed E-state index contributed by atoms with van der Waals surface area (Å²) < 4.78 is 6.68. The number of rotatable bonds is 4. The van der Waals surface area contributed by atoms with E-state index in [4.69, 9.17) is 16.3 Å². The maximum absolute atomic E-state index is 6.28. The lowest BCUT2D eigenvalue weighted by molar-refractivity contribution is 0.117. The summed E-state index contributed by atoms with van der Waals surface area (Å²) in [4.78, 5) is 0. The van der Waals surface area contributed by atoms with Crippen molar-refractivity contribution in [3.8, 4) is 0 Å². The molecular weight excluding hydrogens is 314 g/mol. The van der Waals surface area contributed by atoms with Crippen molar-refractivity contribution in [2.45, 2.75) is 31.9 Å². The van der Waals surface area contributed by atoms with Crippen molar-refractivity contribution in [1.29, 1.82) is 0 Å². The topological polar surface area (TPSA) is 21.3 Å². The second-order valence-electron chi connectivity index (χ2n) is 4.97. The molecule has 1 fully saturated rings. The van der Waals surface area contributed by atoms with Gasteiger partial charge in [0.2, 0.25) is 0 Å². The monoisotopic (exact) mass is 331 g/mol. The third-order valence-corrected chi connectivity index (χ3v) is 4.47. The third kappa shape index (κ3) is 3.47. The van der Waals surface area contributed by atoms with E-state index in [1.165, 1.54) is 5.56 Å². The molecule has 1 saturated heterocycles. The van der Waals surface area contributed by atoms with Gasteiger partial charge in [-0.1, -0.05) is 33.6 Å². The molecule has 3 unspecified atom stereocenters. The lowest BCUT2D eigenvalue weighted by Crippen LogP contribution is -2.36. The minimum atomic E-state index is 0.381. The van der Waals surface area contributed by atoms with Crippen LogP contribution in [0.2, 0.25) is 5.02 Å². The third-order valence-electron chi connectivity index (χ3n) is 3.62. The van der Waals surface area contributed by atoms with Gasteiger partial charge in [0, 0.05) is 21.5 Å². The second-order valence-corrected chi connectivity index (χ2v) is 6.30. The lowest BCUT2D eigenvalue weighted by atomic mass is 9.91. The number of likely N-dealkylation sites (N-methyl/N-ethyl adjacent to an activating group) is 1. The molecule has 1 aliphatic heterocycles. The highest BCUT2D eigenvalue weighted by molar-refractivity contribution is 9.10. The van der Waals surface area contributed by atoms with E-state index in [-0.39, 0.29) is 0 Å². The Labute approximate surface area is 122 Å². The Morgan fingerprint density at radius 1 is 1.56 bits per heavy atom. The Balaban J connectivity index is 2.05. The van der Waals surface area contributed by atoms with E-state index in [1.807, 2.05) is 19.2 Å². The number of halogens is 2. The van der Waals surface area contributed by atoms with Crippen LogP contribution in [0.1, 0.15) is 18.9 Å². The fourth-order valence-corrected chi connectivity index (χ4v) is 3.31. The van der Waals surface area contributed by atoms with E-state index in [0.717, 1.165) is 28.9 Å². The van der Waals surface area contributed by atoms with Gasteiger partial charge in [0.1, 0.15) is 0 Å². The molecule has 1 heterocycles. The zero-order valence-corrected chi connectivity index (χ0v) is 13.1. The van der Waals surface area contributed by atoms with Crippen molar-refractivity contribution in [1.82, 2.24) is 5.32 Å². The number of hydrogen-bond acceptors (Lipinski definition) is 2. The van der Waals surface area contributed by atoms with E-state index >= 15 is 0 Å². The molecule has 4 heteroatoms. The van der Waals surface area contributed by atoms with Crippen LogP contribution in [0.15, 0.2) is 22.7 Å². The number of nitrogens with one attached hydrogen (secondary N) is 1. The van der Waals surface area contributed by atoms with Crippen LogP contribution in [0, 0.1) is 5.92 Å². The lowest BCUT2D eigenvalue weighted by Gasteiger charge is -2.22. The summed E-state index contributed by atoms with van der Waals surface area (Å²) in [7, 11) is 2.01. The molecule has 0 spiro atoms. The Morgan fingerprint density at radius 2 is 2.33 bits per heavy atom. The Hall–Kier alpha value is -0.0900. The second kappa shape index (κ2) is 6.38. The van der Waals surface area contributed by atoms with Gasteiger partial charge in [-0.2, -0.15) is 0 Å². The Kier molecular flexibility index (Phi) is 5.07. The van der Waals surface area contributed by atoms with Gasteiger partial charge < -0.3 is 10.1 Å². The molecule has 3 atom stereocenters. The van der Waals surface area contributed by atoms with Crippen molar-refractivity contribution >= 4 is 27.5 Å². The molecule has 0 radical (unpaired) electrons. The van der Waals surface area contributed by atoms with Crippen LogP contribution >= 0.6 is 27.5 Å². The van der Waals surface area contributed by atoms with Crippen LogP contribution < -0.4 is 5.32 Å². The van der Waals surface area contributed by atoms with Crippen molar-refractivity contribution in [3.63, 3.8) is 0 Å². The highest BCUT2D eigenvalue weighted by Gasteiger charge is 2.29. The normalized spacial score (nSPS) is 25.3. The highest BCUT2D eigenvalue weighted by Crippen LogP contribution is 2.27. The van der Waals surface area contributed by atoms with Crippen molar-refractivity contribution in [3.05, 3.63) is 33.3 Å². The van der Waals surface area contributed by atoms with E-state index in [2.05, 4.69) is 34.2 Å². The zero-order chi connectivity index (χ0) is 13.1. The first-order chi connectivity index (χ1) is 8.60. The van der Waals surface area contributed by atoms with Crippen LogP contribution in [0.4, 0.5) is 0 Å². The molecule has 0 aromatic heterocycles. The summed E-state index contributed by atoms with van der Waals surface area (Å²) in [6.07, 6.45) is 2.45. The smallest absolute Gasteiger partial charge is 0.0551 e. The first-order valence-electron chi connectivity index (χ1n) is 6.33. The predicted octanol–water partition coefficient (Wildman–Crippen LogP) is 3.66. The molecule has 1 N–H and O–H groups in total. The highest BCUT2D eigenvalue weighted by atomic mass is 79.9. The van der Waals surface area contributed by atoms with Crippen LogP contribution in [0.3, 0.4) is 0 Å². The van der Waals surface area contributed by atoms with E-state index in [1.54, 1.807) is 0 Å². The Bertz CT molecular complexity index is 413. The average molecular weight is 333 g/mol. The van der Waals surface area contributed by atoms with Crippen molar-refractivity contribution in [2.24, 2.45) is 5.92 Å². The first-order valence-corrected chi connectivity index (χ1v) is 7.50. The Morgan fingerprint density at radius 3 is 2.89 bits per heavy atom. The van der Waals surface area contributed by atoms with Crippen LogP contribution in [0.25, 0.3) is 0 Å². The zero-order valence-electron chi connectivity index (χ0n) is 10.7. The summed E-state index contributed by atoms with van der Waals surface area (Å²) in [6.45, 7) is 2.99. The largest absolute Gasteiger partial charge is 0.378 e. The number of hydrogen-bond donors (Lipinski definition) is 1. The van der Waals surface area contributed by atoms with Crippen LogP contribution in [0.5, 0.6) is 0 Å². The van der Waals surface area contributed by atoms with E-state index in [9.17, 15) is 0 Å². The van der Waals surface area contributed by atoms with Gasteiger partial charge in [-0.05, 0) is 44.5 Å². The van der Waals surface area contributed by atoms with Gasteiger partial charge in [-0.15, -0.1) is 0 Å². The summed E-state index contributed by atoms with van der Waals surface area (Å²) >= 11 is 9.71. The van der Waals surface area contributed by atoms with Crippen LogP contribution in [-0.4, -0.2) is 25.8 Å². The van der Waals surface area contributed by atoms with Gasteiger partial charge in [-0.25, -0.2) is 0 Å². The number of ether oxygens (including phenoxy) is 1. The molecule has 0 aliphatic carbocycles.